The average molecular weight is 339 g/mol. The van der Waals surface area contributed by atoms with Gasteiger partial charge in [-0.15, -0.1) is 0 Å². The third-order valence-corrected chi connectivity index (χ3v) is 3.60. The van der Waals surface area contributed by atoms with Crippen molar-refractivity contribution in [3.8, 4) is 5.75 Å². The summed E-state index contributed by atoms with van der Waals surface area (Å²) < 4.78 is 18.7. The molecular formula is C18H14FN3O3. The number of pyridine rings is 1. The van der Waals surface area contributed by atoms with E-state index in [1.54, 1.807) is 31.4 Å². The second kappa shape index (κ2) is 6.96. The Morgan fingerprint density at radius 2 is 2.00 bits per heavy atom. The molecule has 0 fully saturated rings. The van der Waals surface area contributed by atoms with Crippen LogP contribution in [0.3, 0.4) is 0 Å². The van der Waals surface area contributed by atoms with E-state index < -0.39 is 17.2 Å². The molecule has 1 amide bonds. The Balaban J connectivity index is 1.79. The molecule has 0 radical (unpaired) electrons. The minimum absolute atomic E-state index is 0.0609. The van der Waals surface area contributed by atoms with Crippen molar-refractivity contribution in [3.05, 3.63) is 75.8 Å². The molecule has 7 heteroatoms. The fourth-order valence-electron chi connectivity index (χ4n) is 2.30. The van der Waals surface area contributed by atoms with E-state index in [9.17, 15) is 14.0 Å². The number of ether oxygens (including phenoxy) is 1. The molecule has 1 heterocycles. The summed E-state index contributed by atoms with van der Waals surface area (Å²) >= 11 is 0. The molecular weight excluding hydrogens is 325 g/mol. The number of carbonyl (C=O) groups is 1. The lowest BCUT2D eigenvalue weighted by Gasteiger charge is -2.03. The van der Waals surface area contributed by atoms with Crippen LogP contribution in [0.15, 0.2) is 58.6 Å². The van der Waals surface area contributed by atoms with Gasteiger partial charge in [-0.25, -0.2) is 9.82 Å². The van der Waals surface area contributed by atoms with E-state index in [0.29, 0.717) is 5.75 Å². The Bertz CT molecular complexity index is 1010. The van der Waals surface area contributed by atoms with E-state index in [2.05, 4.69) is 15.5 Å². The third kappa shape index (κ3) is 3.40. The molecule has 0 aliphatic carbocycles. The number of hydrogen-bond donors (Lipinski definition) is 2. The van der Waals surface area contributed by atoms with Gasteiger partial charge in [0.15, 0.2) is 0 Å². The number of H-pyrrole nitrogens is 1. The average Bonchev–Trinajstić information content (AvgIpc) is 2.63. The Morgan fingerprint density at radius 1 is 1.24 bits per heavy atom. The topological polar surface area (TPSA) is 83.5 Å². The van der Waals surface area contributed by atoms with E-state index in [-0.39, 0.29) is 16.5 Å². The largest absolute Gasteiger partial charge is 0.497 e. The van der Waals surface area contributed by atoms with Crippen molar-refractivity contribution in [1.29, 1.82) is 0 Å². The third-order valence-electron chi connectivity index (χ3n) is 3.60. The first-order valence-electron chi connectivity index (χ1n) is 7.37. The van der Waals surface area contributed by atoms with Crippen molar-refractivity contribution in [2.75, 3.05) is 7.11 Å². The molecule has 0 unspecified atom stereocenters. The Hall–Kier alpha value is -3.48. The van der Waals surface area contributed by atoms with Crippen LogP contribution in [0.4, 0.5) is 4.39 Å². The van der Waals surface area contributed by atoms with E-state index in [0.717, 1.165) is 5.56 Å². The zero-order valence-electron chi connectivity index (χ0n) is 13.2. The van der Waals surface area contributed by atoms with Crippen LogP contribution < -0.4 is 15.6 Å². The number of nitrogens with zero attached hydrogens (tertiary/aromatic N) is 1. The number of nitrogens with one attached hydrogen (secondary N) is 2. The minimum atomic E-state index is -0.683. The van der Waals surface area contributed by atoms with Gasteiger partial charge in [0.1, 0.15) is 17.1 Å². The predicted molar refractivity (Wildman–Crippen MR) is 92.6 cm³/mol. The standard InChI is InChI=1S/C18H14FN3O3/c1-25-12-7-5-11(6-8-12)9-21-22-18(24)14-10-20-16-13(17(14)23)3-2-4-15(16)19/h2-10H,1H3,(H,20,23)(H,22,24)/b21-9+. The van der Waals surface area contributed by atoms with Crippen molar-refractivity contribution in [2.45, 2.75) is 0 Å². The molecule has 126 valence electrons. The smallest absolute Gasteiger partial charge is 0.276 e. The van der Waals surface area contributed by atoms with Gasteiger partial charge in [-0.3, -0.25) is 9.59 Å². The number of fused-ring (bicyclic) bond motifs is 1. The second-order valence-corrected chi connectivity index (χ2v) is 5.17. The van der Waals surface area contributed by atoms with Gasteiger partial charge < -0.3 is 9.72 Å². The van der Waals surface area contributed by atoms with Crippen molar-refractivity contribution in [1.82, 2.24) is 10.4 Å². The normalized spacial score (nSPS) is 11.0. The highest BCUT2D eigenvalue weighted by molar-refractivity contribution is 5.97. The molecule has 0 saturated heterocycles. The Kier molecular flexibility index (Phi) is 4.56. The first kappa shape index (κ1) is 16.4. The second-order valence-electron chi connectivity index (χ2n) is 5.17. The number of hydrazone groups is 1. The Labute approximate surface area is 142 Å². The maximum atomic E-state index is 13.6. The highest BCUT2D eigenvalue weighted by Crippen LogP contribution is 2.12. The maximum absolute atomic E-state index is 13.6. The fraction of sp³-hybridized carbons (Fsp3) is 0.0556. The molecule has 3 rings (SSSR count). The molecule has 2 aromatic carbocycles. The van der Waals surface area contributed by atoms with Crippen molar-refractivity contribution >= 4 is 23.0 Å². The van der Waals surface area contributed by atoms with Gasteiger partial charge in [0.2, 0.25) is 5.43 Å². The minimum Gasteiger partial charge on any atom is -0.497 e. The number of halogens is 1. The summed E-state index contributed by atoms with van der Waals surface area (Å²) in [6.45, 7) is 0. The summed E-state index contributed by atoms with van der Waals surface area (Å²) in [6, 6.07) is 11.1. The van der Waals surface area contributed by atoms with E-state index in [4.69, 9.17) is 4.74 Å². The zero-order valence-corrected chi connectivity index (χ0v) is 13.2. The number of para-hydroxylation sites is 1. The Morgan fingerprint density at radius 3 is 2.72 bits per heavy atom. The van der Waals surface area contributed by atoms with Crippen LogP contribution in [0.2, 0.25) is 0 Å². The number of methoxy groups -OCH3 is 1. The number of hydrogen-bond acceptors (Lipinski definition) is 4. The summed E-state index contributed by atoms with van der Waals surface area (Å²) in [4.78, 5) is 27.1. The molecule has 0 spiro atoms. The molecule has 3 aromatic rings. The van der Waals surface area contributed by atoms with Crippen LogP contribution in [0.25, 0.3) is 10.9 Å². The molecule has 1 aromatic heterocycles. The van der Waals surface area contributed by atoms with Crippen LogP contribution in [0, 0.1) is 5.82 Å². The van der Waals surface area contributed by atoms with E-state index in [1.807, 2.05) is 0 Å². The summed E-state index contributed by atoms with van der Waals surface area (Å²) in [7, 11) is 1.57. The van der Waals surface area contributed by atoms with E-state index >= 15 is 0 Å². The van der Waals surface area contributed by atoms with Crippen LogP contribution in [0.1, 0.15) is 15.9 Å². The summed E-state index contributed by atoms with van der Waals surface area (Å²) in [5.41, 5.74) is 2.38. The summed E-state index contributed by atoms with van der Waals surface area (Å²) in [5, 5.41) is 3.92. The van der Waals surface area contributed by atoms with Crippen molar-refractivity contribution < 1.29 is 13.9 Å². The summed E-state index contributed by atoms with van der Waals surface area (Å²) in [5.74, 6) is -0.535. The molecule has 2 N–H and O–H groups in total. The number of aromatic nitrogens is 1. The number of benzene rings is 2. The van der Waals surface area contributed by atoms with Gasteiger partial charge in [-0.05, 0) is 42.0 Å². The highest BCUT2D eigenvalue weighted by atomic mass is 19.1. The van der Waals surface area contributed by atoms with E-state index in [1.165, 1.54) is 30.6 Å². The number of carbonyl (C=O) groups excluding carboxylic acids is 1. The quantitative estimate of drug-likeness (QED) is 0.566. The maximum Gasteiger partial charge on any atom is 0.276 e. The van der Waals surface area contributed by atoms with Crippen LogP contribution in [0.5, 0.6) is 5.75 Å². The van der Waals surface area contributed by atoms with Gasteiger partial charge in [-0.1, -0.05) is 6.07 Å². The SMILES string of the molecule is COc1ccc(/C=N/NC(=O)c2c[nH]c3c(F)cccc3c2=O)cc1. The number of rotatable bonds is 4. The van der Waals surface area contributed by atoms with Crippen molar-refractivity contribution in [3.63, 3.8) is 0 Å². The summed E-state index contributed by atoms with van der Waals surface area (Å²) in [6.07, 6.45) is 2.61. The van der Waals surface area contributed by atoms with Gasteiger partial charge in [0.05, 0.1) is 18.8 Å². The lowest BCUT2D eigenvalue weighted by atomic mass is 10.1. The number of amides is 1. The molecule has 0 aliphatic rings. The monoisotopic (exact) mass is 339 g/mol. The molecule has 6 nitrogen and oxygen atoms in total. The molecule has 25 heavy (non-hydrogen) atoms. The first-order chi connectivity index (χ1) is 12.1. The highest BCUT2D eigenvalue weighted by Gasteiger charge is 2.13. The van der Waals surface area contributed by atoms with Crippen LogP contribution in [-0.4, -0.2) is 24.2 Å². The van der Waals surface area contributed by atoms with Crippen molar-refractivity contribution in [2.24, 2.45) is 5.10 Å². The van der Waals surface area contributed by atoms with Gasteiger partial charge in [-0.2, -0.15) is 5.10 Å². The zero-order chi connectivity index (χ0) is 17.8. The molecule has 0 bridgehead atoms. The lowest BCUT2D eigenvalue weighted by Crippen LogP contribution is -2.25. The van der Waals surface area contributed by atoms with Gasteiger partial charge >= 0.3 is 0 Å². The lowest BCUT2D eigenvalue weighted by molar-refractivity contribution is 0.0954. The fourth-order valence-corrected chi connectivity index (χ4v) is 2.30. The predicted octanol–water partition coefficient (Wildman–Crippen LogP) is 2.44. The van der Waals surface area contributed by atoms with Crippen LogP contribution >= 0.6 is 0 Å². The first-order valence-corrected chi connectivity index (χ1v) is 7.37. The molecule has 0 saturated carbocycles. The molecule has 0 aliphatic heterocycles. The van der Waals surface area contributed by atoms with Gasteiger partial charge in [0.25, 0.3) is 5.91 Å². The molecule has 0 atom stereocenters. The van der Waals surface area contributed by atoms with Gasteiger partial charge in [0, 0.05) is 11.6 Å². The number of aromatic amines is 1. The van der Waals surface area contributed by atoms with Crippen LogP contribution in [-0.2, 0) is 0 Å².